The zero-order valence-electron chi connectivity index (χ0n) is 16.5. The number of aliphatic carboxylic acids is 1. The summed E-state index contributed by atoms with van der Waals surface area (Å²) in [5, 5.41) is 9.32. The van der Waals surface area contributed by atoms with Crippen molar-refractivity contribution in [3.8, 4) is 0 Å². The summed E-state index contributed by atoms with van der Waals surface area (Å²) in [5.74, 6) is -0.868. The molecule has 4 nitrogen and oxygen atoms in total. The summed E-state index contributed by atoms with van der Waals surface area (Å²) in [7, 11) is 2.15. The van der Waals surface area contributed by atoms with Gasteiger partial charge in [0.05, 0.1) is 5.92 Å². The van der Waals surface area contributed by atoms with Gasteiger partial charge in [0.2, 0.25) is 0 Å². The molecule has 2 aromatic carbocycles. The number of carbonyl (C=O) groups is 1. The van der Waals surface area contributed by atoms with Crippen LogP contribution in [-0.4, -0.2) is 42.7 Å². The van der Waals surface area contributed by atoms with Crippen LogP contribution in [0, 0.1) is 5.92 Å². The van der Waals surface area contributed by atoms with E-state index in [1.54, 1.807) is 0 Å². The Kier molecular flexibility index (Phi) is 5.49. The molecule has 2 heterocycles. The number of hydrogen-bond donors (Lipinski definition) is 1. The molecule has 1 fully saturated rings. The number of likely N-dealkylation sites (tertiary alicyclic amines) is 1. The molecule has 1 saturated heterocycles. The summed E-state index contributed by atoms with van der Waals surface area (Å²) in [4.78, 5) is 15.9. The van der Waals surface area contributed by atoms with Crippen LogP contribution in [0.25, 0.3) is 5.57 Å². The quantitative estimate of drug-likeness (QED) is 0.866. The molecule has 1 atom stereocenters. The van der Waals surface area contributed by atoms with Gasteiger partial charge in [-0.25, -0.2) is 0 Å². The second kappa shape index (κ2) is 8.19. The number of benzene rings is 2. The van der Waals surface area contributed by atoms with Crippen molar-refractivity contribution in [2.24, 2.45) is 5.92 Å². The zero-order valence-corrected chi connectivity index (χ0v) is 16.5. The maximum atomic E-state index is 11.3. The van der Waals surface area contributed by atoms with Gasteiger partial charge in [-0.2, -0.15) is 0 Å². The molecule has 0 amide bonds. The number of fused-ring (bicyclic) bond motifs is 2. The van der Waals surface area contributed by atoms with Crippen molar-refractivity contribution in [1.82, 2.24) is 4.90 Å². The Morgan fingerprint density at radius 2 is 1.89 bits per heavy atom. The lowest BCUT2D eigenvalue weighted by Crippen LogP contribution is -2.39. The molecule has 2 aliphatic rings. The Balaban J connectivity index is 1.59. The van der Waals surface area contributed by atoms with Crippen LogP contribution in [0.2, 0.25) is 0 Å². The van der Waals surface area contributed by atoms with Gasteiger partial charge in [0, 0.05) is 37.9 Å². The monoisotopic (exact) mass is 376 g/mol. The summed E-state index contributed by atoms with van der Waals surface area (Å²) in [6.45, 7) is 3.49. The van der Waals surface area contributed by atoms with Crippen molar-refractivity contribution in [3.63, 3.8) is 0 Å². The molecule has 2 aromatic rings. The van der Waals surface area contributed by atoms with E-state index in [-0.39, 0.29) is 5.92 Å². The highest BCUT2D eigenvalue weighted by Crippen LogP contribution is 2.37. The first kappa shape index (κ1) is 18.8. The van der Waals surface area contributed by atoms with Gasteiger partial charge < -0.3 is 14.9 Å². The number of para-hydroxylation sites is 1. The Labute approximate surface area is 167 Å². The van der Waals surface area contributed by atoms with Gasteiger partial charge in [0.1, 0.15) is 0 Å². The third kappa shape index (κ3) is 3.83. The maximum absolute atomic E-state index is 11.3. The smallest absolute Gasteiger partial charge is 0.307 e. The van der Waals surface area contributed by atoms with Gasteiger partial charge >= 0.3 is 5.97 Å². The average Bonchev–Trinajstić information content (AvgIpc) is 2.83. The number of carboxylic acid groups (broad SMARTS) is 1. The third-order valence-electron chi connectivity index (χ3n) is 5.97. The number of nitrogens with zero attached hydrogens (tertiary/aromatic N) is 2. The van der Waals surface area contributed by atoms with E-state index in [1.807, 2.05) is 0 Å². The fourth-order valence-electron chi connectivity index (χ4n) is 4.51. The molecule has 0 spiro atoms. The van der Waals surface area contributed by atoms with Gasteiger partial charge in [-0.05, 0) is 48.6 Å². The summed E-state index contributed by atoms with van der Waals surface area (Å²) in [6.07, 6.45) is 5.05. The van der Waals surface area contributed by atoms with E-state index in [4.69, 9.17) is 0 Å². The van der Waals surface area contributed by atoms with E-state index in [2.05, 4.69) is 71.5 Å². The van der Waals surface area contributed by atoms with E-state index in [1.165, 1.54) is 28.0 Å². The molecule has 146 valence electrons. The van der Waals surface area contributed by atoms with Crippen LogP contribution in [0.5, 0.6) is 0 Å². The highest BCUT2D eigenvalue weighted by Gasteiger charge is 2.25. The lowest BCUT2D eigenvalue weighted by Gasteiger charge is -2.30. The summed E-state index contributed by atoms with van der Waals surface area (Å²) in [6, 6.07) is 17.3. The first-order chi connectivity index (χ1) is 13.6. The van der Waals surface area contributed by atoms with E-state index >= 15 is 0 Å². The van der Waals surface area contributed by atoms with Gasteiger partial charge in [0.25, 0.3) is 0 Å². The molecule has 28 heavy (non-hydrogen) atoms. The molecule has 0 aliphatic carbocycles. The van der Waals surface area contributed by atoms with E-state index < -0.39 is 5.97 Å². The maximum Gasteiger partial charge on any atom is 0.307 e. The molecule has 0 bridgehead atoms. The molecule has 1 N–H and O–H groups in total. The number of carboxylic acids is 1. The normalized spacial score (nSPS) is 21.1. The number of anilines is 1. The lowest BCUT2D eigenvalue weighted by atomic mass is 9.93. The van der Waals surface area contributed by atoms with Crippen LogP contribution in [0.15, 0.2) is 54.6 Å². The molecule has 4 heteroatoms. The van der Waals surface area contributed by atoms with Gasteiger partial charge in [-0.15, -0.1) is 0 Å². The Morgan fingerprint density at radius 1 is 1.14 bits per heavy atom. The Hall–Kier alpha value is -2.59. The third-order valence-corrected chi connectivity index (χ3v) is 5.97. The van der Waals surface area contributed by atoms with Crippen molar-refractivity contribution in [2.45, 2.75) is 25.8 Å². The van der Waals surface area contributed by atoms with Crippen LogP contribution in [-0.2, 0) is 11.3 Å². The summed E-state index contributed by atoms with van der Waals surface area (Å²) >= 11 is 0. The van der Waals surface area contributed by atoms with Gasteiger partial charge in [-0.3, -0.25) is 4.79 Å². The fourth-order valence-corrected chi connectivity index (χ4v) is 4.51. The fraction of sp³-hybridized carbons (Fsp3) is 0.375. The van der Waals surface area contributed by atoms with Crippen LogP contribution in [0.4, 0.5) is 5.69 Å². The molecule has 0 aromatic heterocycles. The Bertz CT molecular complexity index is 890. The largest absolute Gasteiger partial charge is 0.481 e. The first-order valence-corrected chi connectivity index (χ1v) is 10.2. The molecule has 0 saturated carbocycles. The minimum absolute atomic E-state index is 0.214. The van der Waals surface area contributed by atoms with E-state index in [9.17, 15) is 9.90 Å². The molecule has 1 unspecified atom stereocenters. The van der Waals surface area contributed by atoms with Crippen molar-refractivity contribution in [2.75, 3.05) is 31.6 Å². The van der Waals surface area contributed by atoms with Crippen molar-refractivity contribution < 1.29 is 9.90 Å². The van der Waals surface area contributed by atoms with Crippen LogP contribution < -0.4 is 4.90 Å². The molecular formula is C24H28N2O2. The number of hydrogen-bond acceptors (Lipinski definition) is 3. The average molecular weight is 377 g/mol. The molecule has 4 rings (SSSR count). The van der Waals surface area contributed by atoms with E-state index in [0.717, 1.165) is 38.9 Å². The topological polar surface area (TPSA) is 43.8 Å². The van der Waals surface area contributed by atoms with Crippen molar-refractivity contribution >= 4 is 17.2 Å². The van der Waals surface area contributed by atoms with Crippen LogP contribution >= 0.6 is 0 Å². The predicted octanol–water partition coefficient (Wildman–Crippen LogP) is 4.25. The predicted molar refractivity (Wildman–Crippen MR) is 113 cm³/mol. The number of piperidine rings is 1. The lowest BCUT2D eigenvalue weighted by molar-refractivity contribution is -0.143. The van der Waals surface area contributed by atoms with Gasteiger partial charge in [0.15, 0.2) is 0 Å². The minimum atomic E-state index is -0.655. The second-order valence-electron chi connectivity index (χ2n) is 7.91. The van der Waals surface area contributed by atoms with Crippen molar-refractivity contribution in [3.05, 3.63) is 71.3 Å². The second-order valence-corrected chi connectivity index (χ2v) is 7.91. The number of rotatable bonds is 4. The Morgan fingerprint density at radius 3 is 2.71 bits per heavy atom. The summed E-state index contributed by atoms with van der Waals surface area (Å²) < 4.78 is 0. The highest BCUT2D eigenvalue weighted by molar-refractivity contribution is 5.89. The molecular weight excluding hydrogens is 348 g/mol. The SMILES string of the molecule is CN1Cc2ccccc2C(=CCCN2CCCC(C(=O)O)C2)c2ccccc21. The van der Waals surface area contributed by atoms with E-state index in [0.29, 0.717) is 6.54 Å². The van der Waals surface area contributed by atoms with Gasteiger partial charge in [-0.1, -0.05) is 48.5 Å². The molecule has 2 aliphatic heterocycles. The highest BCUT2D eigenvalue weighted by atomic mass is 16.4. The van der Waals surface area contributed by atoms with Crippen LogP contribution in [0.3, 0.4) is 0 Å². The first-order valence-electron chi connectivity index (χ1n) is 10.2. The minimum Gasteiger partial charge on any atom is -0.481 e. The van der Waals surface area contributed by atoms with Crippen LogP contribution in [0.1, 0.15) is 36.0 Å². The molecule has 0 radical (unpaired) electrons. The standard InChI is InChI=1S/C24H28N2O2/c1-25-16-18-8-2-3-10-20(18)21(22-11-4-5-13-23(22)25)12-7-15-26-14-6-9-19(17-26)24(27)28/h2-5,8,10-13,19H,6-7,9,14-17H2,1H3,(H,27,28). The van der Waals surface area contributed by atoms with Crippen molar-refractivity contribution in [1.29, 1.82) is 0 Å². The zero-order chi connectivity index (χ0) is 19.5. The summed E-state index contributed by atoms with van der Waals surface area (Å²) in [5.41, 5.74) is 6.48.